The Labute approximate surface area is 218 Å². The van der Waals surface area contributed by atoms with E-state index in [9.17, 15) is 9.59 Å². The molecule has 3 heterocycles. The third-order valence-corrected chi connectivity index (χ3v) is 7.48. The lowest BCUT2D eigenvalue weighted by molar-refractivity contribution is -0.141. The van der Waals surface area contributed by atoms with Crippen LogP contribution in [0.25, 0.3) is 10.4 Å². The van der Waals surface area contributed by atoms with Gasteiger partial charge in [-0.2, -0.15) is 0 Å². The number of carbonyl (C=O) groups excluding carboxylic acids is 2. The van der Waals surface area contributed by atoms with E-state index in [4.69, 9.17) is 4.52 Å². The standard InChI is InChI=1S/C26H32N4O3S.C2H6/c1-15(2)23(22-13-16(3)29-33-22)26(32)30-12-6-7-21(30)25(31)28-17(4)19-8-10-20(11-9-19)24-18(5)27-14-34-24;1-2/h8-11,13-15,17,21,23H,6-7,12H2,1-5H3,(H,28,31);1-2H3. The maximum atomic E-state index is 13.5. The maximum Gasteiger partial charge on any atom is 0.243 e. The summed E-state index contributed by atoms with van der Waals surface area (Å²) in [4.78, 5) is 33.9. The van der Waals surface area contributed by atoms with E-state index in [1.54, 1.807) is 16.2 Å². The van der Waals surface area contributed by atoms with Crippen molar-refractivity contribution in [2.45, 2.75) is 79.3 Å². The molecular weight excluding hydrogens is 472 g/mol. The number of aryl methyl sites for hydroxylation is 2. The Balaban J connectivity index is 0.00000176. The van der Waals surface area contributed by atoms with Crippen LogP contribution in [0.1, 0.15) is 82.1 Å². The molecule has 194 valence electrons. The van der Waals surface area contributed by atoms with Crippen molar-refractivity contribution in [3.63, 3.8) is 0 Å². The van der Waals surface area contributed by atoms with Gasteiger partial charge in [-0.1, -0.05) is 57.1 Å². The molecule has 0 aliphatic carbocycles. The highest BCUT2D eigenvalue weighted by molar-refractivity contribution is 7.13. The smallest absolute Gasteiger partial charge is 0.243 e. The zero-order valence-electron chi connectivity index (χ0n) is 22.4. The number of likely N-dealkylation sites (tertiary alicyclic amines) is 1. The molecule has 3 unspecified atom stereocenters. The number of amides is 2. The Morgan fingerprint density at radius 2 is 1.83 bits per heavy atom. The number of thiazole rings is 1. The summed E-state index contributed by atoms with van der Waals surface area (Å²) in [5.41, 5.74) is 5.76. The van der Waals surface area contributed by atoms with Crippen LogP contribution in [0.3, 0.4) is 0 Å². The van der Waals surface area contributed by atoms with Gasteiger partial charge in [-0.15, -0.1) is 11.3 Å². The van der Waals surface area contributed by atoms with Gasteiger partial charge in [0.1, 0.15) is 17.7 Å². The number of hydrogen-bond acceptors (Lipinski definition) is 6. The van der Waals surface area contributed by atoms with Gasteiger partial charge in [-0.25, -0.2) is 4.98 Å². The van der Waals surface area contributed by atoms with E-state index in [0.29, 0.717) is 18.7 Å². The van der Waals surface area contributed by atoms with E-state index in [-0.39, 0.29) is 23.8 Å². The third-order valence-electron chi connectivity index (χ3n) is 6.50. The van der Waals surface area contributed by atoms with Crippen molar-refractivity contribution in [2.75, 3.05) is 6.54 Å². The maximum absolute atomic E-state index is 13.5. The molecule has 0 saturated carbocycles. The van der Waals surface area contributed by atoms with Gasteiger partial charge in [0.2, 0.25) is 11.8 Å². The second-order valence-corrected chi connectivity index (χ2v) is 10.3. The fourth-order valence-electron chi connectivity index (χ4n) is 4.64. The lowest BCUT2D eigenvalue weighted by atomic mass is 9.91. The molecule has 0 bridgehead atoms. The molecule has 1 N–H and O–H groups in total. The zero-order chi connectivity index (χ0) is 26.4. The first-order chi connectivity index (χ1) is 17.3. The Hall–Kier alpha value is -3.00. The van der Waals surface area contributed by atoms with Crippen LogP contribution in [0.2, 0.25) is 0 Å². The number of benzene rings is 1. The average Bonchev–Trinajstić information content (AvgIpc) is 3.61. The molecule has 7 nitrogen and oxygen atoms in total. The number of rotatable bonds is 7. The Kier molecular flexibility index (Phi) is 9.43. The van der Waals surface area contributed by atoms with Crippen LogP contribution in [0, 0.1) is 19.8 Å². The van der Waals surface area contributed by atoms with Gasteiger partial charge in [0.05, 0.1) is 27.8 Å². The minimum atomic E-state index is -0.473. The van der Waals surface area contributed by atoms with Gasteiger partial charge in [0.15, 0.2) is 0 Å². The van der Waals surface area contributed by atoms with Crippen molar-refractivity contribution in [3.05, 3.63) is 58.6 Å². The predicted molar refractivity (Wildman–Crippen MR) is 144 cm³/mol. The molecule has 1 fully saturated rings. The summed E-state index contributed by atoms with van der Waals surface area (Å²) in [5.74, 6) is -0.0375. The summed E-state index contributed by atoms with van der Waals surface area (Å²) < 4.78 is 5.43. The fourth-order valence-corrected chi connectivity index (χ4v) is 5.45. The number of carbonyl (C=O) groups is 2. The van der Waals surface area contributed by atoms with Crippen LogP contribution < -0.4 is 5.32 Å². The van der Waals surface area contributed by atoms with Gasteiger partial charge in [0, 0.05) is 12.6 Å². The van der Waals surface area contributed by atoms with Crippen molar-refractivity contribution in [2.24, 2.45) is 5.92 Å². The van der Waals surface area contributed by atoms with E-state index in [1.165, 1.54) is 0 Å². The quantitative estimate of drug-likeness (QED) is 0.418. The minimum Gasteiger partial charge on any atom is -0.360 e. The number of aromatic nitrogens is 2. The summed E-state index contributed by atoms with van der Waals surface area (Å²) in [6.07, 6.45) is 1.47. The Morgan fingerprint density at radius 1 is 1.14 bits per heavy atom. The van der Waals surface area contributed by atoms with Crippen molar-refractivity contribution < 1.29 is 14.1 Å². The fraction of sp³-hybridized carbons (Fsp3) is 0.500. The first-order valence-corrected chi connectivity index (χ1v) is 13.7. The van der Waals surface area contributed by atoms with E-state index >= 15 is 0 Å². The van der Waals surface area contributed by atoms with Crippen molar-refractivity contribution in [1.29, 1.82) is 0 Å². The van der Waals surface area contributed by atoms with Crippen LogP contribution in [0.15, 0.2) is 40.4 Å². The first kappa shape index (κ1) is 27.6. The molecule has 1 saturated heterocycles. The van der Waals surface area contributed by atoms with Crippen molar-refractivity contribution in [3.8, 4) is 10.4 Å². The first-order valence-electron chi connectivity index (χ1n) is 12.8. The van der Waals surface area contributed by atoms with E-state index in [2.05, 4.69) is 27.6 Å². The van der Waals surface area contributed by atoms with E-state index in [1.807, 2.05) is 72.2 Å². The number of nitrogens with one attached hydrogen (secondary N) is 1. The Morgan fingerprint density at radius 3 is 2.39 bits per heavy atom. The minimum absolute atomic E-state index is 0.0313. The monoisotopic (exact) mass is 510 g/mol. The van der Waals surface area contributed by atoms with Crippen LogP contribution in [0.4, 0.5) is 0 Å². The molecule has 0 spiro atoms. The van der Waals surface area contributed by atoms with Crippen LogP contribution >= 0.6 is 11.3 Å². The Bertz CT molecular complexity index is 1150. The van der Waals surface area contributed by atoms with Crippen LogP contribution in [0.5, 0.6) is 0 Å². The van der Waals surface area contributed by atoms with Gasteiger partial charge >= 0.3 is 0 Å². The van der Waals surface area contributed by atoms with Crippen molar-refractivity contribution in [1.82, 2.24) is 20.4 Å². The molecule has 0 radical (unpaired) electrons. The van der Waals surface area contributed by atoms with Crippen molar-refractivity contribution >= 4 is 23.2 Å². The normalized spacial score (nSPS) is 16.9. The molecular formula is C28H38N4O3S. The highest BCUT2D eigenvalue weighted by Gasteiger charge is 2.40. The molecule has 4 rings (SSSR count). The number of hydrogen-bond donors (Lipinski definition) is 1. The zero-order valence-corrected chi connectivity index (χ0v) is 23.2. The second kappa shape index (κ2) is 12.3. The molecule has 2 amide bonds. The lowest BCUT2D eigenvalue weighted by Crippen LogP contribution is -2.48. The summed E-state index contributed by atoms with van der Waals surface area (Å²) >= 11 is 1.62. The molecule has 1 aliphatic heterocycles. The topological polar surface area (TPSA) is 88.3 Å². The molecule has 1 aromatic carbocycles. The molecule has 36 heavy (non-hydrogen) atoms. The van der Waals surface area contributed by atoms with Gasteiger partial charge in [-0.05, 0) is 50.7 Å². The summed E-state index contributed by atoms with van der Waals surface area (Å²) in [6, 6.07) is 9.38. The third kappa shape index (κ3) is 6.03. The molecule has 8 heteroatoms. The molecule has 3 atom stereocenters. The summed E-state index contributed by atoms with van der Waals surface area (Å²) in [7, 11) is 0. The van der Waals surface area contributed by atoms with Crippen LogP contribution in [-0.2, 0) is 9.59 Å². The van der Waals surface area contributed by atoms with Crippen LogP contribution in [-0.4, -0.2) is 39.4 Å². The molecule has 2 aromatic heterocycles. The van der Waals surface area contributed by atoms with E-state index in [0.717, 1.165) is 33.8 Å². The predicted octanol–water partition coefficient (Wildman–Crippen LogP) is 6.05. The van der Waals surface area contributed by atoms with E-state index < -0.39 is 12.0 Å². The molecule has 3 aromatic rings. The number of nitrogens with zero attached hydrogens (tertiary/aromatic N) is 3. The summed E-state index contributed by atoms with van der Waals surface area (Å²) in [6.45, 7) is 14.4. The van der Waals surface area contributed by atoms with Gasteiger partial charge < -0.3 is 14.7 Å². The lowest BCUT2D eigenvalue weighted by Gasteiger charge is -2.29. The SMILES string of the molecule is CC.Cc1cc(C(C(=O)N2CCCC2C(=O)NC(C)c2ccc(-c3scnc3C)cc2)C(C)C)on1. The highest BCUT2D eigenvalue weighted by Crippen LogP contribution is 2.32. The average molecular weight is 511 g/mol. The summed E-state index contributed by atoms with van der Waals surface area (Å²) in [5, 5.41) is 7.08. The largest absolute Gasteiger partial charge is 0.360 e. The van der Waals surface area contributed by atoms with Gasteiger partial charge in [0.25, 0.3) is 0 Å². The molecule has 1 aliphatic rings. The van der Waals surface area contributed by atoms with Gasteiger partial charge in [-0.3, -0.25) is 9.59 Å². The second-order valence-electron chi connectivity index (χ2n) is 9.40. The highest BCUT2D eigenvalue weighted by atomic mass is 32.1.